The Morgan fingerprint density at radius 1 is 0.905 bits per heavy atom. The van der Waals surface area contributed by atoms with Crippen LogP contribution < -0.4 is 4.74 Å². The van der Waals surface area contributed by atoms with Crippen LogP contribution in [0.15, 0.2) is 47.5 Å². The van der Waals surface area contributed by atoms with Crippen LogP contribution in [0.5, 0.6) is 5.75 Å². The van der Waals surface area contributed by atoms with Crippen LogP contribution in [-0.4, -0.2) is 12.3 Å². The fourth-order valence-electron chi connectivity index (χ4n) is 3.22. The van der Waals surface area contributed by atoms with Gasteiger partial charge in [0.15, 0.2) is 0 Å². The van der Waals surface area contributed by atoms with Gasteiger partial charge in [-0.3, -0.25) is 4.99 Å². The van der Waals surface area contributed by atoms with Gasteiger partial charge in [-0.2, -0.15) is 0 Å². The molecule has 0 amide bonds. The second kappa shape index (κ2) is 5.36. The number of benzene rings is 2. The highest BCUT2D eigenvalue weighted by atomic mass is 16.5. The van der Waals surface area contributed by atoms with Gasteiger partial charge in [-0.25, -0.2) is 0 Å². The van der Waals surface area contributed by atoms with E-state index in [1.165, 1.54) is 28.0 Å². The Kier molecular flexibility index (Phi) is 3.23. The SMILES string of the molecule is c1ccc(CN=C2CCc3cc4c(cc3C2)OCC4)cc1. The van der Waals surface area contributed by atoms with E-state index < -0.39 is 0 Å². The van der Waals surface area contributed by atoms with Crippen molar-refractivity contribution in [3.8, 4) is 5.75 Å². The molecule has 0 atom stereocenters. The van der Waals surface area contributed by atoms with Gasteiger partial charge >= 0.3 is 0 Å². The van der Waals surface area contributed by atoms with Gasteiger partial charge in [0.25, 0.3) is 0 Å². The molecule has 2 aliphatic rings. The van der Waals surface area contributed by atoms with Crippen LogP contribution >= 0.6 is 0 Å². The molecular weight excluding hydrogens is 258 g/mol. The Labute approximate surface area is 125 Å². The van der Waals surface area contributed by atoms with E-state index in [1.54, 1.807) is 0 Å². The topological polar surface area (TPSA) is 21.6 Å². The molecule has 0 radical (unpaired) electrons. The van der Waals surface area contributed by atoms with Crippen molar-refractivity contribution in [3.05, 3.63) is 64.7 Å². The smallest absolute Gasteiger partial charge is 0.122 e. The second-order valence-electron chi connectivity index (χ2n) is 5.87. The van der Waals surface area contributed by atoms with Gasteiger partial charge in [-0.15, -0.1) is 0 Å². The van der Waals surface area contributed by atoms with Crippen molar-refractivity contribution in [2.24, 2.45) is 4.99 Å². The van der Waals surface area contributed by atoms with Crippen molar-refractivity contribution in [3.63, 3.8) is 0 Å². The van der Waals surface area contributed by atoms with Crippen LogP contribution in [0, 0.1) is 0 Å². The van der Waals surface area contributed by atoms with Gasteiger partial charge in [0.05, 0.1) is 13.2 Å². The maximum Gasteiger partial charge on any atom is 0.122 e. The summed E-state index contributed by atoms with van der Waals surface area (Å²) in [5.74, 6) is 1.10. The fourth-order valence-corrected chi connectivity index (χ4v) is 3.22. The molecule has 2 aromatic carbocycles. The zero-order chi connectivity index (χ0) is 14.1. The van der Waals surface area contributed by atoms with E-state index in [2.05, 4.69) is 36.4 Å². The lowest BCUT2D eigenvalue weighted by Gasteiger charge is -2.19. The van der Waals surface area contributed by atoms with E-state index in [0.29, 0.717) is 0 Å². The van der Waals surface area contributed by atoms with Gasteiger partial charge in [0, 0.05) is 18.6 Å². The molecule has 1 aliphatic carbocycles. The van der Waals surface area contributed by atoms with Gasteiger partial charge in [-0.05, 0) is 41.2 Å². The van der Waals surface area contributed by atoms with E-state index in [1.807, 2.05) is 6.07 Å². The number of hydrogen-bond donors (Lipinski definition) is 0. The molecule has 1 heterocycles. The molecule has 2 aromatic rings. The van der Waals surface area contributed by atoms with Gasteiger partial charge < -0.3 is 4.74 Å². The zero-order valence-electron chi connectivity index (χ0n) is 12.1. The molecule has 4 rings (SSSR count). The normalized spacial score (nSPS) is 18.2. The van der Waals surface area contributed by atoms with Crippen molar-refractivity contribution < 1.29 is 4.74 Å². The van der Waals surface area contributed by atoms with E-state index in [0.717, 1.165) is 44.6 Å². The summed E-state index contributed by atoms with van der Waals surface area (Å²) in [7, 11) is 0. The Morgan fingerprint density at radius 3 is 2.71 bits per heavy atom. The lowest BCUT2D eigenvalue weighted by atomic mass is 9.88. The number of hydrogen-bond acceptors (Lipinski definition) is 2. The van der Waals surface area contributed by atoms with Crippen molar-refractivity contribution in [1.82, 2.24) is 0 Å². The number of ether oxygens (including phenoxy) is 1. The predicted octanol–water partition coefficient (Wildman–Crippen LogP) is 3.75. The molecule has 0 unspecified atom stereocenters. The van der Waals surface area contributed by atoms with Crippen molar-refractivity contribution in [2.45, 2.75) is 32.2 Å². The van der Waals surface area contributed by atoms with Crippen molar-refractivity contribution in [2.75, 3.05) is 6.61 Å². The van der Waals surface area contributed by atoms with Crippen LogP contribution in [0.2, 0.25) is 0 Å². The molecule has 21 heavy (non-hydrogen) atoms. The van der Waals surface area contributed by atoms with Crippen LogP contribution in [0.3, 0.4) is 0 Å². The lowest BCUT2D eigenvalue weighted by Crippen LogP contribution is -2.14. The summed E-state index contributed by atoms with van der Waals surface area (Å²) in [4.78, 5) is 4.82. The maximum absolute atomic E-state index is 5.69. The van der Waals surface area contributed by atoms with Crippen LogP contribution in [0.1, 0.15) is 28.7 Å². The largest absolute Gasteiger partial charge is 0.493 e. The van der Waals surface area contributed by atoms with E-state index in [-0.39, 0.29) is 0 Å². The number of rotatable bonds is 2. The van der Waals surface area contributed by atoms with E-state index >= 15 is 0 Å². The quantitative estimate of drug-likeness (QED) is 0.819. The molecule has 0 saturated heterocycles. The monoisotopic (exact) mass is 277 g/mol. The van der Waals surface area contributed by atoms with Crippen LogP contribution in [-0.2, 0) is 25.8 Å². The van der Waals surface area contributed by atoms with Crippen molar-refractivity contribution in [1.29, 1.82) is 0 Å². The van der Waals surface area contributed by atoms with E-state index in [9.17, 15) is 0 Å². The Hall–Kier alpha value is -2.09. The summed E-state index contributed by atoms with van der Waals surface area (Å²) in [6.45, 7) is 1.64. The summed E-state index contributed by atoms with van der Waals surface area (Å²) >= 11 is 0. The first kappa shape index (κ1) is 12.6. The predicted molar refractivity (Wildman–Crippen MR) is 85.2 cm³/mol. The minimum atomic E-state index is 0.799. The highest BCUT2D eigenvalue weighted by Crippen LogP contribution is 2.32. The average molecular weight is 277 g/mol. The third-order valence-electron chi connectivity index (χ3n) is 4.42. The number of fused-ring (bicyclic) bond motifs is 2. The number of aliphatic imine (C=N–C) groups is 1. The first-order valence-corrected chi connectivity index (χ1v) is 7.72. The molecule has 2 heteroatoms. The van der Waals surface area contributed by atoms with E-state index in [4.69, 9.17) is 9.73 Å². The van der Waals surface area contributed by atoms with Gasteiger partial charge in [0.2, 0.25) is 0 Å². The summed E-state index contributed by atoms with van der Waals surface area (Å²) in [5, 5.41) is 0. The zero-order valence-corrected chi connectivity index (χ0v) is 12.1. The molecule has 2 nitrogen and oxygen atoms in total. The van der Waals surface area contributed by atoms with Gasteiger partial charge in [0.1, 0.15) is 5.75 Å². The third-order valence-corrected chi connectivity index (χ3v) is 4.42. The van der Waals surface area contributed by atoms with Crippen molar-refractivity contribution >= 4 is 5.71 Å². The minimum absolute atomic E-state index is 0.799. The minimum Gasteiger partial charge on any atom is -0.493 e. The molecule has 0 spiro atoms. The van der Waals surface area contributed by atoms with Crippen LogP contribution in [0.25, 0.3) is 0 Å². The summed E-state index contributed by atoms with van der Waals surface area (Å²) in [6.07, 6.45) is 4.27. The molecule has 0 N–H and O–H groups in total. The molecule has 106 valence electrons. The number of aryl methyl sites for hydroxylation is 1. The van der Waals surface area contributed by atoms with Gasteiger partial charge in [-0.1, -0.05) is 36.4 Å². The lowest BCUT2D eigenvalue weighted by molar-refractivity contribution is 0.356. The fraction of sp³-hybridized carbons (Fsp3) is 0.316. The molecule has 0 bridgehead atoms. The first-order valence-electron chi connectivity index (χ1n) is 7.72. The molecule has 0 aromatic heterocycles. The maximum atomic E-state index is 5.69. The highest BCUT2D eigenvalue weighted by Gasteiger charge is 2.20. The molecule has 0 fully saturated rings. The molecule has 1 aliphatic heterocycles. The molecule has 0 saturated carbocycles. The Balaban J connectivity index is 1.54. The summed E-state index contributed by atoms with van der Waals surface area (Å²) in [5.41, 5.74) is 6.91. The second-order valence-corrected chi connectivity index (χ2v) is 5.87. The number of nitrogens with zero attached hydrogens (tertiary/aromatic N) is 1. The third kappa shape index (κ3) is 2.58. The standard InChI is InChI=1S/C19H19NO/c1-2-4-14(5-3-1)13-20-18-7-6-15-10-16-8-9-21-19(16)12-17(15)11-18/h1-5,10,12H,6-9,11,13H2. The molecular formula is C19H19NO. The average Bonchev–Trinajstić information content (AvgIpc) is 2.98. The Bertz CT molecular complexity index is 688. The summed E-state index contributed by atoms with van der Waals surface area (Å²) in [6, 6.07) is 15.1. The first-order chi connectivity index (χ1) is 10.4. The highest BCUT2D eigenvalue weighted by molar-refractivity contribution is 5.88. The summed E-state index contributed by atoms with van der Waals surface area (Å²) < 4.78 is 5.69. The Morgan fingerprint density at radius 2 is 1.81 bits per heavy atom. The van der Waals surface area contributed by atoms with Crippen LogP contribution in [0.4, 0.5) is 0 Å².